The SMILES string of the molecule is COc1ccc(/C=C/C(=O)C(NC(=O)OC(C)(C)C)(c2ccccc2)C(F)(F)F)cc1. The zero-order chi connectivity index (χ0) is 23.3. The number of rotatable bonds is 6. The smallest absolute Gasteiger partial charge is 0.423 e. The molecule has 1 atom stereocenters. The Morgan fingerprint density at radius 2 is 1.52 bits per heavy atom. The van der Waals surface area contributed by atoms with E-state index in [-0.39, 0.29) is 0 Å². The summed E-state index contributed by atoms with van der Waals surface area (Å²) in [5.74, 6) is -0.808. The zero-order valence-corrected chi connectivity index (χ0v) is 17.6. The van der Waals surface area contributed by atoms with Crippen LogP contribution in [0.15, 0.2) is 60.7 Å². The molecule has 0 saturated carbocycles. The van der Waals surface area contributed by atoms with Crippen LogP contribution < -0.4 is 10.1 Å². The Morgan fingerprint density at radius 1 is 0.935 bits per heavy atom. The number of alkyl carbamates (subject to hydrolysis) is 1. The Balaban J connectivity index is 2.51. The molecule has 0 spiro atoms. The van der Waals surface area contributed by atoms with Crippen molar-refractivity contribution in [1.29, 1.82) is 0 Å². The predicted molar refractivity (Wildman–Crippen MR) is 111 cm³/mol. The summed E-state index contributed by atoms with van der Waals surface area (Å²) in [6.45, 7) is 4.53. The molecular weight excluding hydrogens is 411 g/mol. The zero-order valence-electron chi connectivity index (χ0n) is 17.6. The fourth-order valence-corrected chi connectivity index (χ4v) is 2.81. The van der Waals surface area contributed by atoms with Gasteiger partial charge in [0.1, 0.15) is 11.4 Å². The second-order valence-corrected chi connectivity index (χ2v) is 7.71. The Morgan fingerprint density at radius 3 is 2.00 bits per heavy atom. The van der Waals surface area contributed by atoms with Gasteiger partial charge in [-0.15, -0.1) is 0 Å². The Bertz CT molecular complexity index is 932. The van der Waals surface area contributed by atoms with Gasteiger partial charge in [0, 0.05) is 0 Å². The van der Waals surface area contributed by atoms with Crippen LogP contribution in [0, 0.1) is 0 Å². The van der Waals surface area contributed by atoms with Crippen molar-refractivity contribution in [3.8, 4) is 5.75 Å². The molecule has 1 amide bonds. The van der Waals surface area contributed by atoms with Gasteiger partial charge in [-0.2, -0.15) is 13.2 Å². The average molecular weight is 435 g/mol. The normalized spacial score (nSPS) is 14.0. The largest absolute Gasteiger partial charge is 0.497 e. The maximum Gasteiger partial charge on any atom is 0.423 e. The summed E-state index contributed by atoms with van der Waals surface area (Å²) in [4.78, 5) is 25.3. The lowest BCUT2D eigenvalue weighted by molar-refractivity contribution is -0.198. The molecule has 0 saturated heterocycles. The second kappa shape index (κ2) is 9.24. The molecule has 0 radical (unpaired) electrons. The maximum atomic E-state index is 14.4. The monoisotopic (exact) mass is 435 g/mol. The van der Waals surface area contributed by atoms with E-state index in [2.05, 4.69) is 0 Å². The van der Waals surface area contributed by atoms with Gasteiger partial charge in [0.05, 0.1) is 7.11 Å². The summed E-state index contributed by atoms with van der Waals surface area (Å²) in [5.41, 5.74) is -4.33. The Kier molecular flexibility index (Phi) is 7.15. The van der Waals surface area contributed by atoms with Crippen LogP contribution in [0.2, 0.25) is 0 Å². The molecule has 31 heavy (non-hydrogen) atoms. The highest BCUT2D eigenvalue weighted by Crippen LogP contribution is 2.40. The fraction of sp³-hybridized carbons (Fsp3) is 0.304. The van der Waals surface area contributed by atoms with Crippen molar-refractivity contribution in [3.05, 3.63) is 71.8 Å². The van der Waals surface area contributed by atoms with E-state index in [1.54, 1.807) is 29.6 Å². The first kappa shape index (κ1) is 24.0. The van der Waals surface area contributed by atoms with Crippen LogP contribution in [-0.4, -0.2) is 30.8 Å². The summed E-state index contributed by atoms with van der Waals surface area (Å²) in [7, 11) is 1.48. The van der Waals surface area contributed by atoms with E-state index < -0.39 is 34.8 Å². The molecule has 5 nitrogen and oxygen atoms in total. The topological polar surface area (TPSA) is 64.6 Å². The van der Waals surface area contributed by atoms with E-state index >= 15 is 0 Å². The van der Waals surface area contributed by atoms with E-state index in [1.807, 2.05) is 0 Å². The fourth-order valence-electron chi connectivity index (χ4n) is 2.81. The third kappa shape index (κ3) is 5.87. The minimum Gasteiger partial charge on any atom is -0.497 e. The van der Waals surface area contributed by atoms with Crippen molar-refractivity contribution in [2.24, 2.45) is 0 Å². The van der Waals surface area contributed by atoms with Crippen LogP contribution in [0.5, 0.6) is 5.75 Å². The molecule has 1 unspecified atom stereocenters. The van der Waals surface area contributed by atoms with E-state index in [0.717, 1.165) is 18.2 Å². The molecular formula is C23H24F3NO4. The maximum absolute atomic E-state index is 14.4. The number of hydrogen-bond donors (Lipinski definition) is 1. The lowest BCUT2D eigenvalue weighted by Crippen LogP contribution is -2.61. The molecule has 0 bridgehead atoms. The molecule has 2 aromatic rings. The number of methoxy groups -OCH3 is 1. The quantitative estimate of drug-likeness (QED) is 0.629. The number of carbonyl (C=O) groups is 2. The van der Waals surface area contributed by atoms with Crippen molar-refractivity contribution in [1.82, 2.24) is 5.32 Å². The lowest BCUT2D eigenvalue weighted by atomic mass is 9.84. The summed E-state index contributed by atoms with van der Waals surface area (Å²) < 4.78 is 53.2. The first-order valence-corrected chi connectivity index (χ1v) is 9.39. The lowest BCUT2D eigenvalue weighted by Gasteiger charge is -2.35. The van der Waals surface area contributed by atoms with Gasteiger partial charge in [-0.05, 0) is 50.1 Å². The van der Waals surface area contributed by atoms with Gasteiger partial charge in [-0.25, -0.2) is 4.79 Å². The summed E-state index contributed by atoms with van der Waals surface area (Å²) in [6.07, 6.45) is -4.48. The van der Waals surface area contributed by atoms with Crippen molar-refractivity contribution in [2.75, 3.05) is 7.11 Å². The number of amides is 1. The van der Waals surface area contributed by atoms with Crippen LogP contribution in [0.3, 0.4) is 0 Å². The minimum atomic E-state index is -5.15. The predicted octanol–water partition coefficient (Wildman–Crippen LogP) is 5.26. The molecule has 8 heteroatoms. The Labute approximate surface area is 178 Å². The molecule has 2 rings (SSSR count). The molecule has 0 aliphatic carbocycles. The van der Waals surface area contributed by atoms with Crippen molar-refractivity contribution in [3.63, 3.8) is 0 Å². The van der Waals surface area contributed by atoms with Gasteiger partial charge in [0.25, 0.3) is 0 Å². The van der Waals surface area contributed by atoms with Gasteiger partial charge in [0.15, 0.2) is 5.78 Å². The van der Waals surface area contributed by atoms with Gasteiger partial charge < -0.3 is 9.47 Å². The highest BCUT2D eigenvalue weighted by atomic mass is 19.4. The molecule has 0 heterocycles. The molecule has 0 aromatic heterocycles. The number of benzene rings is 2. The summed E-state index contributed by atoms with van der Waals surface area (Å²) >= 11 is 0. The number of nitrogens with one attached hydrogen (secondary N) is 1. The molecule has 0 fully saturated rings. The van der Waals surface area contributed by atoms with Crippen LogP contribution in [0.25, 0.3) is 6.08 Å². The van der Waals surface area contributed by atoms with Crippen LogP contribution in [0.1, 0.15) is 31.9 Å². The van der Waals surface area contributed by atoms with Gasteiger partial charge >= 0.3 is 12.3 Å². The number of alkyl halides is 3. The molecule has 0 aliphatic rings. The molecule has 2 aromatic carbocycles. The van der Waals surface area contributed by atoms with Gasteiger partial charge in [-0.1, -0.05) is 48.5 Å². The van der Waals surface area contributed by atoms with Gasteiger partial charge in [-0.3, -0.25) is 10.1 Å². The van der Waals surface area contributed by atoms with Crippen LogP contribution in [0.4, 0.5) is 18.0 Å². The van der Waals surface area contributed by atoms with Crippen molar-refractivity contribution >= 4 is 18.0 Å². The third-order valence-corrected chi connectivity index (χ3v) is 4.23. The summed E-state index contributed by atoms with van der Waals surface area (Å²) in [5, 5.41) is 1.79. The molecule has 0 aliphatic heterocycles. The minimum absolute atomic E-state index is 0.433. The Hall–Kier alpha value is -3.29. The molecule has 166 valence electrons. The summed E-state index contributed by atoms with van der Waals surface area (Å²) in [6, 6.07) is 12.9. The highest BCUT2D eigenvalue weighted by Gasteiger charge is 2.62. The van der Waals surface area contributed by atoms with E-state index in [0.29, 0.717) is 11.3 Å². The highest BCUT2D eigenvalue weighted by molar-refractivity contribution is 6.03. The van der Waals surface area contributed by atoms with Crippen molar-refractivity contribution in [2.45, 2.75) is 38.1 Å². The number of halogens is 3. The first-order chi connectivity index (χ1) is 14.4. The van der Waals surface area contributed by atoms with E-state index in [9.17, 15) is 22.8 Å². The second-order valence-electron chi connectivity index (χ2n) is 7.71. The average Bonchev–Trinajstić information content (AvgIpc) is 2.69. The van der Waals surface area contributed by atoms with E-state index in [1.165, 1.54) is 52.2 Å². The van der Waals surface area contributed by atoms with Crippen molar-refractivity contribution < 1.29 is 32.2 Å². The number of ether oxygens (including phenoxy) is 2. The molecule has 1 N–H and O–H groups in total. The van der Waals surface area contributed by atoms with E-state index in [4.69, 9.17) is 9.47 Å². The van der Waals surface area contributed by atoms with Crippen LogP contribution >= 0.6 is 0 Å². The third-order valence-electron chi connectivity index (χ3n) is 4.23. The number of carbonyl (C=O) groups excluding carboxylic acids is 2. The standard InChI is InChI=1S/C23H24F3NO4/c1-21(2,3)31-20(29)27-22(23(24,25)26,17-8-6-5-7-9-17)19(28)15-12-16-10-13-18(30-4)14-11-16/h5-15H,1-4H3,(H,27,29)/b15-12+. The van der Waals surface area contributed by atoms with Crippen LogP contribution in [-0.2, 0) is 15.1 Å². The number of hydrogen-bond acceptors (Lipinski definition) is 4. The van der Waals surface area contributed by atoms with Gasteiger partial charge in [0.2, 0.25) is 5.54 Å². The first-order valence-electron chi connectivity index (χ1n) is 9.39. The number of ketones is 1.